The van der Waals surface area contributed by atoms with E-state index in [4.69, 9.17) is 5.73 Å². The van der Waals surface area contributed by atoms with Gasteiger partial charge in [0.1, 0.15) is 11.5 Å². The Morgan fingerprint density at radius 3 is 2.56 bits per heavy atom. The maximum absolute atomic E-state index is 13.8. The fraction of sp³-hybridized carbons (Fsp3) is 0.308. The molecule has 0 aliphatic rings. The molecule has 5 heteroatoms. The van der Waals surface area contributed by atoms with Gasteiger partial charge in [0, 0.05) is 5.57 Å². The number of anilines is 1. The summed E-state index contributed by atoms with van der Waals surface area (Å²) in [5.41, 5.74) is 6.81. The summed E-state index contributed by atoms with van der Waals surface area (Å²) in [6.07, 6.45) is 4.41. The van der Waals surface area contributed by atoms with Crippen LogP contribution in [-0.2, 0) is 0 Å². The molecule has 0 unspecified atom stereocenters. The Balaban J connectivity index is 3.22. The summed E-state index contributed by atoms with van der Waals surface area (Å²) in [4.78, 5) is 3.81. The second-order valence-corrected chi connectivity index (χ2v) is 4.13. The molecule has 0 fully saturated rings. The average Bonchev–Trinajstić information content (AvgIpc) is 2.35. The Hall–Kier alpha value is -2.04. The first kappa shape index (κ1) is 14.0. The molecule has 0 aromatic carbocycles. The van der Waals surface area contributed by atoms with Gasteiger partial charge in [0.25, 0.3) is 0 Å². The second kappa shape index (κ2) is 6.05. The molecule has 0 saturated carbocycles. The van der Waals surface area contributed by atoms with E-state index in [-0.39, 0.29) is 11.9 Å². The van der Waals surface area contributed by atoms with Gasteiger partial charge in [0.15, 0.2) is 0 Å². The maximum atomic E-state index is 13.8. The molecule has 0 atom stereocenters. The summed E-state index contributed by atoms with van der Waals surface area (Å²) < 4.78 is 13.8. The Kier molecular flexibility index (Phi) is 4.71. The van der Waals surface area contributed by atoms with Crippen LogP contribution < -0.4 is 5.73 Å². The molecule has 0 bridgehead atoms. The van der Waals surface area contributed by atoms with Gasteiger partial charge in [-0.25, -0.2) is 9.37 Å². The Labute approximate surface area is 106 Å². The second-order valence-electron chi connectivity index (χ2n) is 4.13. The standard InChI is InChI=1S/C13H17FN4/c1-5-11(14)10(6-9(4)8(2)3)12-7-16-13(15)18-17-12/h5-8H,4H2,1-3H3,(H2,15,16,18). The molecule has 1 heterocycles. The first-order valence-corrected chi connectivity index (χ1v) is 5.64. The summed E-state index contributed by atoms with van der Waals surface area (Å²) >= 11 is 0. The van der Waals surface area contributed by atoms with Crippen molar-refractivity contribution >= 4 is 11.5 Å². The van der Waals surface area contributed by atoms with Gasteiger partial charge in [-0.3, -0.25) is 0 Å². The van der Waals surface area contributed by atoms with Crippen LogP contribution in [0.3, 0.4) is 0 Å². The number of aromatic nitrogens is 3. The van der Waals surface area contributed by atoms with Crippen molar-refractivity contribution in [1.82, 2.24) is 15.2 Å². The molecule has 0 aliphatic carbocycles. The zero-order valence-electron chi connectivity index (χ0n) is 10.8. The van der Waals surface area contributed by atoms with E-state index in [2.05, 4.69) is 21.8 Å². The number of hydrogen-bond acceptors (Lipinski definition) is 4. The minimum absolute atomic E-state index is 0.0571. The highest BCUT2D eigenvalue weighted by atomic mass is 19.1. The van der Waals surface area contributed by atoms with E-state index >= 15 is 0 Å². The molecule has 1 aromatic heterocycles. The van der Waals surface area contributed by atoms with Crippen LogP contribution in [0.5, 0.6) is 0 Å². The van der Waals surface area contributed by atoms with E-state index in [9.17, 15) is 4.39 Å². The van der Waals surface area contributed by atoms with Crippen molar-refractivity contribution in [2.24, 2.45) is 5.92 Å². The number of nitrogen functional groups attached to an aromatic ring is 1. The van der Waals surface area contributed by atoms with E-state index in [0.29, 0.717) is 11.3 Å². The van der Waals surface area contributed by atoms with E-state index in [1.54, 1.807) is 13.0 Å². The zero-order valence-corrected chi connectivity index (χ0v) is 10.8. The number of halogens is 1. The minimum Gasteiger partial charge on any atom is -0.366 e. The lowest BCUT2D eigenvalue weighted by atomic mass is 10.0. The lowest BCUT2D eigenvalue weighted by Crippen LogP contribution is -2.01. The summed E-state index contributed by atoms with van der Waals surface area (Å²) in [7, 11) is 0. The monoisotopic (exact) mass is 248 g/mol. The first-order valence-electron chi connectivity index (χ1n) is 5.64. The van der Waals surface area contributed by atoms with Gasteiger partial charge < -0.3 is 5.73 Å². The van der Waals surface area contributed by atoms with Crippen molar-refractivity contribution in [2.75, 3.05) is 5.73 Å². The topological polar surface area (TPSA) is 64.7 Å². The van der Waals surface area contributed by atoms with Crippen LogP contribution in [0.25, 0.3) is 5.57 Å². The van der Waals surface area contributed by atoms with Crippen molar-refractivity contribution in [1.29, 1.82) is 0 Å². The molecule has 1 aromatic rings. The number of nitrogens with two attached hydrogens (primary N) is 1. The van der Waals surface area contributed by atoms with Gasteiger partial charge in [-0.2, -0.15) is 0 Å². The molecular formula is C13H17FN4. The van der Waals surface area contributed by atoms with Gasteiger partial charge in [-0.05, 0) is 18.9 Å². The molecule has 2 N–H and O–H groups in total. The van der Waals surface area contributed by atoms with Gasteiger partial charge in [0.2, 0.25) is 5.95 Å². The highest BCUT2D eigenvalue weighted by Crippen LogP contribution is 2.25. The average molecular weight is 248 g/mol. The summed E-state index contributed by atoms with van der Waals surface area (Å²) in [5, 5.41) is 7.45. The molecule has 0 radical (unpaired) electrons. The van der Waals surface area contributed by atoms with Gasteiger partial charge in [0.05, 0.1) is 6.20 Å². The number of nitrogens with zero attached hydrogens (tertiary/aromatic N) is 3. The van der Waals surface area contributed by atoms with E-state index in [0.717, 1.165) is 5.57 Å². The minimum atomic E-state index is -0.391. The molecule has 0 saturated heterocycles. The van der Waals surface area contributed by atoms with Crippen molar-refractivity contribution in [3.8, 4) is 0 Å². The SMILES string of the molecule is C=C(C=C(C(F)=CC)c1cnc(N)nn1)C(C)C. The Morgan fingerprint density at radius 2 is 2.11 bits per heavy atom. The lowest BCUT2D eigenvalue weighted by Gasteiger charge is -2.08. The molecule has 0 aliphatic heterocycles. The smallest absolute Gasteiger partial charge is 0.240 e. The van der Waals surface area contributed by atoms with Crippen molar-refractivity contribution in [2.45, 2.75) is 20.8 Å². The van der Waals surface area contributed by atoms with Gasteiger partial charge in [-0.15, -0.1) is 10.2 Å². The first-order chi connectivity index (χ1) is 8.45. The van der Waals surface area contributed by atoms with Crippen LogP contribution in [0.4, 0.5) is 10.3 Å². The zero-order chi connectivity index (χ0) is 13.7. The van der Waals surface area contributed by atoms with Crippen LogP contribution >= 0.6 is 0 Å². The largest absolute Gasteiger partial charge is 0.366 e. The molecule has 0 amide bonds. The van der Waals surface area contributed by atoms with Gasteiger partial charge >= 0.3 is 0 Å². The third-order valence-corrected chi connectivity index (χ3v) is 2.44. The fourth-order valence-electron chi connectivity index (χ4n) is 1.18. The summed E-state index contributed by atoms with van der Waals surface area (Å²) in [5.74, 6) is -0.112. The summed E-state index contributed by atoms with van der Waals surface area (Å²) in [6.45, 7) is 9.47. The highest BCUT2D eigenvalue weighted by molar-refractivity contribution is 5.76. The van der Waals surface area contributed by atoms with Crippen molar-refractivity contribution in [3.63, 3.8) is 0 Å². The Morgan fingerprint density at radius 1 is 1.44 bits per heavy atom. The number of hydrogen-bond donors (Lipinski definition) is 1. The molecule has 1 rings (SSSR count). The number of rotatable bonds is 4. The normalized spacial score (nSPS) is 12.9. The van der Waals surface area contributed by atoms with E-state index in [1.807, 2.05) is 13.8 Å². The van der Waals surface area contributed by atoms with Crippen LogP contribution in [0.1, 0.15) is 26.5 Å². The fourth-order valence-corrected chi connectivity index (χ4v) is 1.18. The number of allylic oxidation sites excluding steroid dienone is 5. The third-order valence-electron chi connectivity index (χ3n) is 2.44. The third kappa shape index (κ3) is 3.48. The van der Waals surface area contributed by atoms with E-state index < -0.39 is 5.83 Å². The predicted molar refractivity (Wildman–Crippen MR) is 71.1 cm³/mol. The van der Waals surface area contributed by atoms with E-state index in [1.165, 1.54) is 12.3 Å². The van der Waals surface area contributed by atoms with Crippen LogP contribution in [-0.4, -0.2) is 15.2 Å². The Bertz CT molecular complexity index is 486. The van der Waals surface area contributed by atoms with Crippen LogP contribution in [0, 0.1) is 5.92 Å². The quantitative estimate of drug-likeness (QED) is 0.832. The summed E-state index contributed by atoms with van der Waals surface area (Å²) in [6, 6.07) is 0. The molecule has 18 heavy (non-hydrogen) atoms. The lowest BCUT2D eigenvalue weighted by molar-refractivity contribution is 0.669. The van der Waals surface area contributed by atoms with Crippen molar-refractivity contribution in [3.05, 3.63) is 42.0 Å². The molecule has 96 valence electrons. The molecule has 4 nitrogen and oxygen atoms in total. The van der Waals surface area contributed by atoms with Crippen LogP contribution in [0.15, 0.2) is 36.3 Å². The molecule has 0 spiro atoms. The van der Waals surface area contributed by atoms with Gasteiger partial charge in [-0.1, -0.05) is 32.1 Å². The van der Waals surface area contributed by atoms with Crippen LogP contribution in [0.2, 0.25) is 0 Å². The predicted octanol–water partition coefficient (Wildman–Crippen LogP) is 2.92. The van der Waals surface area contributed by atoms with Crippen molar-refractivity contribution < 1.29 is 4.39 Å². The highest BCUT2D eigenvalue weighted by Gasteiger charge is 2.11. The molecular weight excluding hydrogens is 231 g/mol. The maximum Gasteiger partial charge on any atom is 0.240 e.